The van der Waals surface area contributed by atoms with Crippen LogP contribution in [-0.2, 0) is 6.42 Å². The molecule has 0 heterocycles. The summed E-state index contributed by atoms with van der Waals surface area (Å²) in [5.74, 6) is 0.711. The minimum atomic E-state index is 0.528. The molecular formula is C15H24ClN. The highest BCUT2D eigenvalue weighted by Crippen LogP contribution is 2.20. The van der Waals surface area contributed by atoms with Crippen molar-refractivity contribution in [2.24, 2.45) is 5.92 Å². The van der Waals surface area contributed by atoms with E-state index < -0.39 is 0 Å². The minimum absolute atomic E-state index is 0.528. The Hall–Kier alpha value is -0.530. The highest BCUT2D eigenvalue weighted by atomic mass is 35.5. The molecule has 0 fully saturated rings. The normalized spacial score (nSPS) is 13.1. The fourth-order valence-electron chi connectivity index (χ4n) is 2.18. The van der Waals surface area contributed by atoms with Crippen molar-refractivity contribution in [3.8, 4) is 0 Å². The Labute approximate surface area is 111 Å². The summed E-state index contributed by atoms with van der Waals surface area (Å²) in [5.41, 5.74) is 2.48. The lowest BCUT2D eigenvalue weighted by Crippen LogP contribution is -2.32. The highest BCUT2D eigenvalue weighted by Gasteiger charge is 2.12. The zero-order valence-corrected chi connectivity index (χ0v) is 12.1. The van der Waals surface area contributed by atoms with Gasteiger partial charge in [-0.25, -0.2) is 0 Å². The number of benzene rings is 1. The minimum Gasteiger partial charge on any atom is -0.314 e. The van der Waals surface area contributed by atoms with E-state index in [9.17, 15) is 0 Å². The predicted octanol–water partition coefficient (Wildman–Crippen LogP) is 4.22. The smallest absolute Gasteiger partial charge is 0.0441 e. The number of hydrogen-bond donors (Lipinski definition) is 1. The Morgan fingerprint density at radius 1 is 1.29 bits per heavy atom. The molecule has 0 saturated carbocycles. The van der Waals surface area contributed by atoms with E-state index in [2.05, 4.69) is 51.2 Å². The van der Waals surface area contributed by atoms with Gasteiger partial charge in [0.25, 0.3) is 0 Å². The molecular weight excluding hydrogens is 230 g/mol. The number of hydrogen-bond acceptors (Lipinski definition) is 1. The first-order valence-electron chi connectivity index (χ1n) is 6.51. The van der Waals surface area contributed by atoms with E-state index in [4.69, 9.17) is 11.6 Å². The molecule has 2 heteroatoms. The molecule has 0 spiro atoms. The van der Waals surface area contributed by atoms with Crippen molar-refractivity contribution in [3.63, 3.8) is 0 Å². The topological polar surface area (TPSA) is 12.0 Å². The van der Waals surface area contributed by atoms with Crippen LogP contribution in [0.3, 0.4) is 0 Å². The fourth-order valence-corrected chi connectivity index (χ4v) is 2.49. The van der Waals surface area contributed by atoms with E-state index >= 15 is 0 Å². The van der Waals surface area contributed by atoms with Gasteiger partial charge < -0.3 is 5.32 Å². The van der Waals surface area contributed by atoms with Gasteiger partial charge in [-0.05, 0) is 49.4 Å². The molecule has 1 N–H and O–H groups in total. The summed E-state index contributed by atoms with van der Waals surface area (Å²) >= 11 is 6.28. The van der Waals surface area contributed by atoms with Gasteiger partial charge in [0.2, 0.25) is 0 Å². The largest absolute Gasteiger partial charge is 0.314 e. The molecule has 1 aromatic carbocycles. The van der Waals surface area contributed by atoms with Crippen LogP contribution >= 0.6 is 11.6 Å². The third-order valence-corrected chi connectivity index (χ3v) is 3.28. The molecule has 96 valence electrons. The van der Waals surface area contributed by atoms with Crippen LogP contribution in [0.2, 0.25) is 5.02 Å². The average molecular weight is 254 g/mol. The molecule has 1 nitrogen and oxygen atoms in total. The molecule has 0 amide bonds. The van der Waals surface area contributed by atoms with Crippen molar-refractivity contribution >= 4 is 11.6 Å². The maximum Gasteiger partial charge on any atom is 0.0441 e. The molecule has 0 aliphatic carbocycles. The second kappa shape index (κ2) is 7.03. The quantitative estimate of drug-likeness (QED) is 0.801. The van der Waals surface area contributed by atoms with E-state index in [0.717, 1.165) is 18.0 Å². The van der Waals surface area contributed by atoms with Crippen molar-refractivity contribution in [1.82, 2.24) is 5.32 Å². The van der Waals surface area contributed by atoms with Crippen LogP contribution in [0, 0.1) is 12.8 Å². The molecule has 0 bridgehead atoms. The van der Waals surface area contributed by atoms with Crippen LogP contribution < -0.4 is 5.32 Å². The second-order valence-electron chi connectivity index (χ2n) is 5.18. The third-order valence-electron chi connectivity index (χ3n) is 2.92. The lowest BCUT2D eigenvalue weighted by atomic mass is 9.96. The van der Waals surface area contributed by atoms with Crippen LogP contribution in [0.15, 0.2) is 18.2 Å². The monoisotopic (exact) mass is 253 g/mol. The number of likely N-dealkylation sites (N-methyl/N-ethyl adjacent to an activating group) is 1. The zero-order chi connectivity index (χ0) is 12.8. The third kappa shape index (κ3) is 5.10. The molecule has 0 aromatic heterocycles. The number of nitrogens with one attached hydrogen (secondary N) is 1. The van der Waals surface area contributed by atoms with Gasteiger partial charge in [-0.15, -0.1) is 0 Å². The lowest BCUT2D eigenvalue weighted by Gasteiger charge is -2.20. The number of rotatable bonds is 6. The Balaban J connectivity index is 2.71. The van der Waals surface area contributed by atoms with Crippen LogP contribution in [0.1, 0.15) is 38.3 Å². The molecule has 17 heavy (non-hydrogen) atoms. The van der Waals surface area contributed by atoms with Crippen LogP contribution in [0.25, 0.3) is 0 Å². The van der Waals surface area contributed by atoms with Gasteiger partial charge in [0.15, 0.2) is 0 Å². The summed E-state index contributed by atoms with van der Waals surface area (Å²) in [4.78, 5) is 0. The molecule has 1 rings (SSSR count). The van der Waals surface area contributed by atoms with Gasteiger partial charge in [0.05, 0.1) is 0 Å². The number of aryl methyl sites for hydroxylation is 1. The second-order valence-corrected chi connectivity index (χ2v) is 5.59. The fraction of sp³-hybridized carbons (Fsp3) is 0.600. The van der Waals surface area contributed by atoms with E-state index in [1.54, 1.807) is 0 Å². The Kier molecular flexibility index (Phi) is 6.01. The molecule has 1 aromatic rings. The van der Waals surface area contributed by atoms with Gasteiger partial charge in [0.1, 0.15) is 0 Å². The summed E-state index contributed by atoms with van der Waals surface area (Å²) in [5, 5.41) is 4.45. The van der Waals surface area contributed by atoms with Crippen LogP contribution in [0.5, 0.6) is 0 Å². The van der Waals surface area contributed by atoms with Gasteiger partial charge in [0, 0.05) is 11.1 Å². The van der Waals surface area contributed by atoms with Gasteiger partial charge in [-0.3, -0.25) is 0 Å². The molecule has 1 unspecified atom stereocenters. The molecule has 0 aliphatic heterocycles. The van der Waals surface area contributed by atoms with Crippen molar-refractivity contribution in [2.75, 3.05) is 6.54 Å². The molecule has 1 atom stereocenters. The van der Waals surface area contributed by atoms with Crippen molar-refractivity contribution in [2.45, 2.75) is 46.6 Å². The summed E-state index contributed by atoms with van der Waals surface area (Å²) in [6.07, 6.45) is 2.21. The maximum absolute atomic E-state index is 6.28. The summed E-state index contributed by atoms with van der Waals surface area (Å²) < 4.78 is 0. The Morgan fingerprint density at radius 2 is 2.00 bits per heavy atom. The molecule has 0 aliphatic rings. The first kappa shape index (κ1) is 14.5. The lowest BCUT2D eigenvalue weighted by molar-refractivity contribution is 0.424. The number of halogens is 1. The van der Waals surface area contributed by atoms with Gasteiger partial charge in [-0.1, -0.05) is 44.5 Å². The zero-order valence-electron chi connectivity index (χ0n) is 11.4. The first-order valence-corrected chi connectivity index (χ1v) is 6.89. The van der Waals surface area contributed by atoms with Crippen molar-refractivity contribution in [1.29, 1.82) is 0 Å². The summed E-state index contributed by atoms with van der Waals surface area (Å²) in [7, 11) is 0. The van der Waals surface area contributed by atoms with Gasteiger partial charge >= 0.3 is 0 Å². The Bertz CT molecular complexity index is 347. The predicted molar refractivity (Wildman–Crippen MR) is 76.8 cm³/mol. The highest BCUT2D eigenvalue weighted by molar-refractivity contribution is 6.31. The van der Waals surface area contributed by atoms with E-state index in [1.807, 2.05) is 0 Å². The molecule has 0 radical (unpaired) electrons. The van der Waals surface area contributed by atoms with Crippen LogP contribution in [0.4, 0.5) is 0 Å². The van der Waals surface area contributed by atoms with E-state index in [1.165, 1.54) is 17.5 Å². The van der Waals surface area contributed by atoms with Crippen molar-refractivity contribution < 1.29 is 0 Å². The first-order chi connectivity index (χ1) is 8.02. The van der Waals surface area contributed by atoms with E-state index in [0.29, 0.717) is 12.0 Å². The maximum atomic E-state index is 6.28. The van der Waals surface area contributed by atoms with Crippen LogP contribution in [-0.4, -0.2) is 12.6 Å². The van der Waals surface area contributed by atoms with E-state index in [-0.39, 0.29) is 0 Å². The summed E-state index contributed by atoms with van der Waals surface area (Å²) in [6.45, 7) is 9.78. The summed E-state index contributed by atoms with van der Waals surface area (Å²) in [6, 6.07) is 6.87. The SMILES string of the molecule is CCNC(Cc1ccc(C)cc1Cl)CC(C)C. The molecule has 0 saturated heterocycles. The Morgan fingerprint density at radius 3 is 2.53 bits per heavy atom. The average Bonchev–Trinajstić information content (AvgIpc) is 2.21. The van der Waals surface area contributed by atoms with Crippen molar-refractivity contribution in [3.05, 3.63) is 34.3 Å². The van der Waals surface area contributed by atoms with Gasteiger partial charge in [-0.2, -0.15) is 0 Å². The standard InChI is InChI=1S/C15H24ClN/c1-5-17-14(8-11(2)3)10-13-7-6-12(4)9-15(13)16/h6-7,9,11,14,17H,5,8,10H2,1-4H3.